The molecule has 0 radical (unpaired) electrons. The van der Waals surface area contributed by atoms with E-state index in [1.165, 1.54) is 12.8 Å². The number of amides is 2. The Morgan fingerprint density at radius 1 is 1.17 bits per heavy atom. The molecular weight excluding hydrogens is 290 g/mol. The van der Waals surface area contributed by atoms with E-state index < -0.39 is 0 Å². The molecule has 1 aliphatic rings. The fourth-order valence-electron chi connectivity index (χ4n) is 2.66. The van der Waals surface area contributed by atoms with Gasteiger partial charge in [-0.3, -0.25) is 4.98 Å². The molecule has 1 fully saturated rings. The minimum Gasteiger partial charge on any atom is -0.357 e. The van der Waals surface area contributed by atoms with Crippen molar-refractivity contribution in [3.8, 4) is 0 Å². The molecule has 1 atom stereocenters. The zero-order valence-corrected chi connectivity index (χ0v) is 13.2. The summed E-state index contributed by atoms with van der Waals surface area (Å²) >= 11 is 0. The highest BCUT2D eigenvalue weighted by atomic mass is 16.2. The molecule has 0 spiro atoms. The van der Waals surface area contributed by atoms with Crippen LogP contribution in [0.25, 0.3) is 0 Å². The number of carbonyl (C=O) groups is 1. The molecule has 2 aromatic heterocycles. The standard InChI is InChI=1S/C17H21N5O/c1-13(15-6-2-3-9-18-15)20-17(23)21-14-7-8-16(19-12-14)22-10-4-5-11-22/h2-3,6-9,12-13H,4-5,10-11H2,1H3,(H2,20,21,23). The monoisotopic (exact) mass is 311 g/mol. The van der Waals surface area contributed by atoms with E-state index in [4.69, 9.17) is 0 Å². The van der Waals surface area contributed by atoms with Gasteiger partial charge in [-0.25, -0.2) is 9.78 Å². The third-order valence-electron chi connectivity index (χ3n) is 3.91. The lowest BCUT2D eigenvalue weighted by Gasteiger charge is -2.17. The summed E-state index contributed by atoms with van der Waals surface area (Å²) in [6, 6.07) is 9.04. The SMILES string of the molecule is CC(NC(=O)Nc1ccc(N2CCCC2)nc1)c1ccccn1. The second kappa shape index (κ2) is 7.09. The lowest BCUT2D eigenvalue weighted by molar-refractivity contribution is 0.249. The molecule has 0 aliphatic carbocycles. The first-order valence-electron chi connectivity index (χ1n) is 7.92. The number of nitrogens with one attached hydrogen (secondary N) is 2. The lowest BCUT2D eigenvalue weighted by Crippen LogP contribution is -2.31. The van der Waals surface area contributed by atoms with Crippen LogP contribution in [0.5, 0.6) is 0 Å². The van der Waals surface area contributed by atoms with Crippen molar-refractivity contribution in [1.29, 1.82) is 0 Å². The Bertz CT molecular complexity index is 638. The first-order chi connectivity index (χ1) is 11.2. The summed E-state index contributed by atoms with van der Waals surface area (Å²) in [5.74, 6) is 0.968. The van der Waals surface area contributed by atoms with E-state index in [9.17, 15) is 4.79 Å². The molecule has 3 heterocycles. The van der Waals surface area contributed by atoms with Crippen LogP contribution in [0, 0.1) is 0 Å². The molecule has 3 rings (SSSR count). The second-order valence-electron chi connectivity index (χ2n) is 5.67. The van der Waals surface area contributed by atoms with Gasteiger partial charge in [0.2, 0.25) is 0 Å². The minimum absolute atomic E-state index is 0.159. The quantitative estimate of drug-likeness (QED) is 0.911. The Balaban J connectivity index is 1.55. The average Bonchev–Trinajstić information content (AvgIpc) is 3.11. The third-order valence-corrected chi connectivity index (χ3v) is 3.91. The fraction of sp³-hybridized carbons (Fsp3) is 0.353. The van der Waals surface area contributed by atoms with Crippen molar-refractivity contribution >= 4 is 17.5 Å². The molecule has 23 heavy (non-hydrogen) atoms. The van der Waals surface area contributed by atoms with E-state index in [-0.39, 0.29) is 12.1 Å². The number of anilines is 2. The number of carbonyl (C=O) groups excluding carboxylic acids is 1. The number of hydrogen-bond donors (Lipinski definition) is 2. The molecule has 120 valence electrons. The van der Waals surface area contributed by atoms with Crippen molar-refractivity contribution in [1.82, 2.24) is 15.3 Å². The second-order valence-corrected chi connectivity index (χ2v) is 5.67. The Morgan fingerprint density at radius 2 is 2.00 bits per heavy atom. The first kappa shape index (κ1) is 15.3. The summed E-state index contributed by atoms with van der Waals surface area (Å²) < 4.78 is 0. The van der Waals surface area contributed by atoms with Crippen LogP contribution in [0.15, 0.2) is 42.7 Å². The predicted octanol–water partition coefficient (Wildman–Crippen LogP) is 2.96. The summed E-state index contributed by atoms with van der Waals surface area (Å²) in [6.45, 7) is 4.01. The number of pyridine rings is 2. The lowest BCUT2D eigenvalue weighted by atomic mass is 10.2. The maximum atomic E-state index is 12.0. The zero-order valence-electron chi connectivity index (χ0n) is 13.2. The molecule has 2 amide bonds. The smallest absolute Gasteiger partial charge is 0.319 e. The van der Waals surface area contributed by atoms with Gasteiger partial charge in [-0.1, -0.05) is 6.07 Å². The van der Waals surface area contributed by atoms with Crippen LogP contribution in [0.1, 0.15) is 31.5 Å². The summed E-state index contributed by atoms with van der Waals surface area (Å²) in [5, 5.41) is 5.67. The average molecular weight is 311 g/mol. The van der Waals surface area contributed by atoms with Crippen molar-refractivity contribution in [3.63, 3.8) is 0 Å². The predicted molar refractivity (Wildman–Crippen MR) is 90.5 cm³/mol. The van der Waals surface area contributed by atoms with Gasteiger partial charge >= 0.3 is 6.03 Å². The van der Waals surface area contributed by atoms with Gasteiger partial charge in [-0.2, -0.15) is 0 Å². The Kier molecular flexibility index (Phi) is 4.71. The van der Waals surface area contributed by atoms with Gasteiger partial charge in [0.25, 0.3) is 0 Å². The number of hydrogen-bond acceptors (Lipinski definition) is 4. The van der Waals surface area contributed by atoms with Crippen LogP contribution in [-0.4, -0.2) is 29.1 Å². The molecule has 6 heteroatoms. The van der Waals surface area contributed by atoms with Gasteiger partial charge < -0.3 is 15.5 Å². The third kappa shape index (κ3) is 3.97. The highest BCUT2D eigenvalue weighted by Gasteiger charge is 2.14. The summed E-state index contributed by atoms with van der Waals surface area (Å²) in [5.41, 5.74) is 1.50. The Morgan fingerprint density at radius 3 is 2.65 bits per heavy atom. The van der Waals surface area contributed by atoms with E-state index in [1.54, 1.807) is 12.4 Å². The van der Waals surface area contributed by atoms with Gasteiger partial charge in [-0.15, -0.1) is 0 Å². The van der Waals surface area contributed by atoms with Gasteiger partial charge in [0.1, 0.15) is 5.82 Å². The number of rotatable bonds is 4. The molecule has 0 aromatic carbocycles. The van der Waals surface area contributed by atoms with E-state index in [1.807, 2.05) is 37.3 Å². The van der Waals surface area contributed by atoms with Crippen LogP contribution in [0.4, 0.5) is 16.3 Å². The van der Waals surface area contributed by atoms with Crippen LogP contribution >= 0.6 is 0 Å². The van der Waals surface area contributed by atoms with Gasteiger partial charge in [0.15, 0.2) is 0 Å². The van der Waals surface area contributed by atoms with Crippen molar-refractivity contribution in [3.05, 3.63) is 48.4 Å². The first-order valence-corrected chi connectivity index (χ1v) is 7.92. The number of urea groups is 1. The van der Waals surface area contributed by atoms with Gasteiger partial charge in [0.05, 0.1) is 23.6 Å². The van der Waals surface area contributed by atoms with Crippen LogP contribution in [0.3, 0.4) is 0 Å². The van der Waals surface area contributed by atoms with E-state index in [0.29, 0.717) is 5.69 Å². The van der Waals surface area contributed by atoms with Gasteiger partial charge in [0, 0.05) is 19.3 Å². The number of nitrogens with zero attached hydrogens (tertiary/aromatic N) is 3. The molecular formula is C17H21N5O. The molecule has 0 bridgehead atoms. The van der Waals surface area contributed by atoms with Crippen LogP contribution in [-0.2, 0) is 0 Å². The molecule has 2 N–H and O–H groups in total. The highest BCUT2D eigenvalue weighted by molar-refractivity contribution is 5.89. The normalized spacial score (nSPS) is 15.3. The highest BCUT2D eigenvalue weighted by Crippen LogP contribution is 2.19. The largest absolute Gasteiger partial charge is 0.357 e. The van der Waals surface area contributed by atoms with Crippen molar-refractivity contribution in [2.45, 2.75) is 25.8 Å². The van der Waals surface area contributed by atoms with Crippen molar-refractivity contribution in [2.24, 2.45) is 0 Å². The van der Waals surface area contributed by atoms with E-state index in [2.05, 4.69) is 25.5 Å². The number of aromatic nitrogens is 2. The summed E-state index contributed by atoms with van der Waals surface area (Å²) in [4.78, 5) is 23.0. The molecule has 1 aliphatic heterocycles. The summed E-state index contributed by atoms with van der Waals surface area (Å²) in [6.07, 6.45) is 5.84. The molecule has 1 saturated heterocycles. The van der Waals surface area contributed by atoms with E-state index >= 15 is 0 Å². The Labute approximate surface area is 135 Å². The summed E-state index contributed by atoms with van der Waals surface area (Å²) in [7, 11) is 0. The topological polar surface area (TPSA) is 70.2 Å². The van der Waals surface area contributed by atoms with Crippen LogP contribution < -0.4 is 15.5 Å². The van der Waals surface area contributed by atoms with Crippen molar-refractivity contribution in [2.75, 3.05) is 23.3 Å². The maximum Gasteiger partial charge on any atom is 0.319 e. The zero-order chi connectivity index (χ0) is 16.1. The molecule has 6 nitrogen and oxygen atoms in total. The molecule has 0 saturated carbocycles. The molecule has 1 unspecified atom stereocenters. The molecule has 2 aromatic rings. The minimum atomic E-state index is -0.265. The van der Waals surface area contributed by atoms with Gasteiger partial charge in [-0.05, 0) is 44.0 Å². The van der Waals surface area contributed by atoms with Crippen LogP contribution in [0.2, 0.25) is 0 Å². The van der Waals surface area contributed by atoms with E-state index in [0.717, 1.165) is 24.6 Å². The fourth-order valence-corrected chi connectivity index (χ4v) is 2.66. The maximum absolute atomic E-state index is 12.0. The van der Waals surface area contributed by atoms with Crippen molar-refractivity contribution < 1.29 is 4.79 Å². The Hall–Kier alpha value is -2.63.